The second kappa shape index (κ2) is 5.68. The van der Waals surface area contributed by atoms with Gasteiger partial charge in [-0.25, -0.2) is 0 Å². The quantitative estimate of drug-likeness (QED) is 0.382. The summed E-state index contributed by atoms with van der Waals surface area (Å²) < 4.78 is 4.60. The molecular weight excluding hydrogens is 260 g/mol. The van der Waals surface area contributed by atoms with E-state index in [0.29, 0.717) is 0 Å². The predicted molar refractivity (Wildman–Crippen MR) is 85.0 cm³/mol. The largest absolute Gasteiger partial charge is 0.468 e. The fourth-order valence-corrected chi connectivity index (χ4v) is 2.44. The Kier molecular flexibility index (Phi) is 3.57. The van der Waals surface area contributed by atoms with Crippen LogP contribution < -0.4 is 0 Å². The molecule has 2 heteroatoms. The van der Waals surface area contributed by atoms with E-state index in [1.54, 1.807) is 0 Å². The van der Waals surface area contributed by atoms with Crippen molar-refractivity contribution >= 4 is 27.5 Å². The van der Waals surface area contributed by atoms with Crippen LogP contribution in [-0.2, 0) is 9.53 Å². The summed E-state index contributed by atoms with van der Waals surface area (Å²) in [6, 6.07) is 18.5. The van der Waals surface area contributed by atoms with Crippen LogP contribution in [0, 0.1) is 11.8 Å². The number of fused-ring (bicyclic) bond motifs is 3. The van der Waals surface area contributed by atoms with Gasteiger partial charge in [-0.05, 0) is 27.6 Å². The Balaban J connectivity index is 2.18. The number of ether oxygens (including phenoxy) is 1. The fourth-order valence-electron chi connectivity index (χ4n) is 2.44. The third kappa shape index (κ3) is 2.59. The molecule has 0 saturated heterocycles. The monoisotopic (exact) mass is 274 g/mol. The number of esters is 1. The molecule has 3 aromatic rings. The molecule has 0 atom stereocenters. The Labute approximate surface area is 123 Å². The van der Waals surface area contributed by atoms with Gasteiger partial charge in [0.25, 0.3) is 0 Å². The van der Waals surface area contributed by atoms with E-state index < -0.39 is 0 Å². The van der Waals surface area contributed by atoms with E-state index in [1.807, 2.05) is 24.3 Å². The van der Waals surface area contributed by atoms with Gasteiger partial charge in [0.1, 0.15) is 6.42 Å². The lowest BCUT2D eigenvalue weighted by Gasteiger charge is -2.06. The van der Waals surface area contributed by atoms with Crippen LogP contribution in [0.1, 0.15) is 12.0 Å². The van der Waals surface area contributed by atoms with E-state index >= 15 is 0 Å². The summed E-state index contributed by atoms with van der Waals surface area (Å²) in [4.78, 5) is 11.2. The van der Waals surface area contributed by atoms with Gasteiger partial charge in [-0.3, -0.25) is 4.79 Å². The van der Waals surface area contributed by atoms with Crippen molar-refractivity contribution in [2.45, 2.75) is 6.42 Å². The summed E-state index contributed by atoms with van der Waals surface area (Å²) >= 11 is 0. The van der Waals surface area contributed by atoms with Crippen molar-refractivity contribution in [1.82, 2.24) is 0 Å². The van der Waals surface area contributed by atoms with Crippen molar-refractivity contribution in [1.29, 1.82) is 0 Å². The minimum absolute atomic E-state index is 0.109. The average Bonchev–Trinajstić information content (AvgIpc) is 2.54. The van der Waals surface area contributed by atoms with Crippen molar-refractivity contribution in [3.63, 3.8) is 0 Å². The minimum atomic E-state index is -0.312. The summed E-state index contributed by atoms with van der Waals surface area (Å²) in [7, 11) is 1.37. The molecule has 0 amide bonds. The van der Waals surface area contributed by atoms with Crippen LogP contribution in [0.15, 0.2) is 54.6 Å². The molecule has 2 nitrogen and oxygen atoms in total. The molecule has 0 radical (unpaired) electrons. The van der Waals surface area contributed by atoms with Crippen LogP contribution in [0.2, 0.25) is 0 Å². The summed E-state index contributed by atoms with van der Waals surface area (Å²) in [6.45, 7) is 0. The van der Waals surface area contributed by atoms with Gasteiger partial charge in [-0.1, -0.05) is 60.4 Å². The molecule has 0 N–H and O–H groups in total. The third-order valence-electron chi connectivity index (χ3n) is 3.45. The van der Waals surface area contributed by atoms with E-state index in [0.717, 1.165) is 16.3 Å². The highest BCUT2D eigenvalue weighted by atomic mass is 16.5. The zero-order chi connectivity index (χ0) is 14.7. The van der Waals surface area contributed by atoms with Crippen molar-refractivity contribution in [3.8, 4) is 11.8 Å². The molecule has 3 rings (SSSR count). The first-order valence-electron chi connectivity index (χ1n) is 6.76. The number of rotatable bonds is 1. The van der Waals surface area contributed by atoms with E-state index in [4.69, 9.17) is 0 Å². The normalized spacial score (nSPS) is 10.1. The first kappa shape index (κ1) is 13.2. The summed E-state index contributed by atoms with van der Waals surface area (Å²) in [5.41, 5.74) is 0.938. The number of hydrogen-bond acceptors (Lipinski definition) is 2. The highest BCUT2D eigenvalue weighted by Crippen LogP contribution is 2.28. The number of carbonyl (C=O) groups is 1. The van der Waals surface area contributed by atoms with Gasteiger partial charge >= 0.3 is 5.97 Å². The molecule has 0 unspecified atom stereocenters. The van der Waals surface area contributed by atoms with Crippen LogP contribution in [0.4, 0.5) is 0 Å². The SMILES string of the molecule is COC(=O)CC#Cc1cc2ccccc2c2ccccc12. The third-order valence-corrected chi connectivity index (χ3v) is 3.45. The molecule has 3 aromatic carbocycles. The molecule has 0 aliphatic heterocycles. The lowest BCUT2D eigenvalue weighted by atomic mass is 9.97. The Morgan fingerprint density at radius 3 is 2.43 bits per heavy atom. The molecule has 0 aliphatic carbocycles. The first-order chi connectivity index (χ1) is 10.3. The van der Waals surface area contributed by atoms with Gasteiger partial charge < -0.3 is 4.74 Å². The van der Waals surface area contributed by atoms with Crippen LogP contribution >= 0.6 is 0 Å². The number of hydrogen-bond donors (Lipinski definition) is 0. The smallest absolute Gasteiger partial charge is 0.317 e. The zero-order valence-corrected chi connectivity index (χ0v) is 11.7. The Hall–Kier alpha value is -2.79. The molecule has 0 spiro atoms. The topological polar surface area (TPSA) is 26.3 Å². The van der Waals surface area contributed by atoms with Gasteiger partial charge in [0.2, 0.25) is 0 Å². The van der Waals surface area contributed by atoms with Crippen molar-refractivity contribution < 1.29 is 9.53 Å². The van der Waals surface area contributed by atoms with Crippen molar-refractivity contribution in [2.75, 3.05) is 7.11 Å². The molecule has 0 aliphatic rings. The zero-order valence-electron chi connectivity index (χ0n) is 11.7. The average molecular weight is 274 g/mol. The second-order valence-electron chi connectivity index (χ2n) is 4.75. The summed E-state index contributed by atoms with van der Waals surface area (Å²) in [5.74, 6) is 5.67. The molecule has 0 saturated carbocycles. The van der Waals surface area contributed by atoms with Crippen LogP contribution in [0.3, 0.4) is 0 Å². The van der Waals surface area contributed by atoms with Gasteiger partial charge in [0, 0.05) is 5.56 Å². The standard InChI is InChI=1S/C19H14O2/c1-21-19(20)12-6-8-15-13-14-7-2-3-9-16(14)18-11-5-4-10-17(15)18/h2-5,7,9-11,13H,12H2,1H3. The first-order valence-corrected chi connectivity index (χ1v) is 6.76. The van der Waals surface area contributed by atoms with E-state index in [-0.39, 0.29) is 12.4 Å². The van der Waals surface area contributed by atoms with Crippen LogP contribution in [0.5, 0.6) is 0 Å². The lowest BCUT2D eigenvalue weighted by Crippen LogP contribution is -1.97. The molecule has 0 fully saturated rings. The maximum absolute atomic E-state index is 11.2. The van der Waals surface area contributed by atoms with E-state index in [1.165, 1.54) is 17.9 Å². The highest BCUT2D eigenvalue weighted by Gasteiger charge is 2.04. The number of methoxy groups -OCH3 is 1. The van der Waals surface area contributed by atoms with Gasteiger partial charge in [0.05, 0.1) is 7.11 Å². The molecule has 0 bridgehead atoms. The number of carbonyl (C=O) groups excluding carboxylic acids is 1. The van der Waals surface area contributed by atoms with Crippen LogP contribution in [-0.4, -0.2) is 13.1 Å². The molecule has 0 heterocycles. The minimum Gasteiger partial charge on any atom is -0.468 e. The summed E-state index contributed by atoms with van der Waals surface area (Å²) in [5, 5.41) is 4.65. The molecular formula is C19H14O2. The Morgan fingerprint density at radius 1 is 1.00 bits per heavy atom. The highest BCUT2D eigenvalue weighted by molar-refractivity contribution is 6.09. The van der Waals surface area contributed by atoms with Crippen LogP contribution in [0.25, 0.3) is 21.5 Å². The van der Waals surface area contributed by atoms with Gasteiger partial charge in [-0.2, -0.15) is 0 Å². The fraction of sp³-hybridized carbons (Fsp3) is 0.105. The predicted octanol–water partition coefficient (Wildman–Crippen LogP) is 3.91. The maximum Gasteiger partial charge on any atom is 0.317 e. The maximum atomic E-state index is 11.2. The Bertz CT molecular complexity index is 882. The van der Waals surface area contributed by atoms with Gasteiger partial charge in [-0.15, -0.1) is 0 Å². The Morgan fingerprint density at radius 2 is 1.67 bits per heavy atom. The molecule has 0 aromatic heterocycles. The van der Waals surface area contributed by atoms with E-state index in [9.17, 15) is 4.79 Å². The van der Waals surface area contributed by atoms with E-state index in [2.05, 4.69) is 46.9 Å². The van der Waals surface area contributed by atoms with Crippen molar-refractivity contribution in [2.24, 2.45) is 0 Å². The molecule has 102 valence electrons. The van der Waals surface area contributed by atoms with Gasteiger partial charge in [0.15, 0.2) is 0 Å². The molecule has 21 heavy (non-hydrogen) atoms. The second-order valence-corrected chi connectivity index (χ2v) is 4.75. The summed E-state index contributed by atoms with van der Waals surface area (Å²) in [6.07, 6.45) is 0.109. The number of benzene rings is 3. The van der Waals surface area contributed by atoms with Crippen molar-refractivity contribution in [3.05, 3.63) is 60.2 Å². The lowest BCUT2D eigenvalue weighted by molar-refractivity contribution is -0.139.